The molecule has 92 valence electrons. The number of hydrogen-bond donors (Lipinski definition) is 1. The molecule has 0 aliphatic carbocycles. The van der Waals surface area contributed by atoms with Gasteiger partial charge in [-0.15, -0.1) is 0 Å². The van der Waals surface area contributed by atoms with Gasteiger partial charge in [0, 0.05) is 25.9 Å². The van der Waals surface area contributed by atoms with Crippen LogP contribution in [-0.2, 0) is 4.74 Å². The van der Waals surface area contributed by atoms with E-state index in [9.17, 15) is 4.79 Å². The van der Waals surface area contributed by atoms with Crippen LogP contribution in [0.1, 0.15) is 23.2 Å². The van der Waals surface area contributed by atoms with E-state index in [4.69, 9.17) is 9.84 Å². The Balaban J connectivity index is 2.16. The third kappa shape index (κ3) is 2.77. The third-order valence-electron chi connectivity index (χ3n) is 3.17. The largest absolute Gasteiger partial charge is 0.478 e. The van der Waals surface area contributed by atoms with Crippen LogP contribution in [0.5, 0.6) is 0 Å². The van der Waals surface area contributed by atoms with Gasteiger partial charge in [0.2, 0.25) is 0 Å². The lowest BCUT2D eigenvalue weighted by Crippen LogP contribution is -2.39. The summed E-state index contributed by atoms with van der Waals surface area (Å²) in [4.78, 5) is 13.1. The molecule has 0 saturated carbocycles. The van der Waals surface area contributed by atoms with E-state index in [2.05, 4.69) is 4.90 Å². The van der Waals surface area contributed by atoms with Crippen molar-refractivity contribution in [2.75, 3.05) is 25.1 Å². The zero-order valence-corrected chi connectivity index (χ0v) is 9.93. The van der Waals surface area contributed by atoms with Gasteiger partial charge < -0.3 is 14.7 Å². The molecule has 1 aliphatic heterocycles. The molecule has 1 fully saturated rings. The van der Waals surface area contributed by atoms with Crippen molar-refractivity contribution in [1.82, 2.24) is 0 Å². The van der Waals surface area contributed by atoms with Gasteiger partial charge in [0.05, 0.1) is 11.7 Å². The molecule has 0 radical (unpaired) electrons. The minimum absolute atomic E-state index is 0.247. The Morgan fingerprint density at radius 2 is 2.35 bits per heavy atom. The first-order valence-electron chi connectivity index (χ1n) is 5.82. The first kappa shape index (κ1) is 11.9. The number of benzene rings is 1. The molecule has 1 saturated heterocycles. The fourth-order valence-electron chi connectivity index (χ4n) is 2.20. The average Bonchev–Trinajstić information content (AvgIpc) is 2.39. The van der Waals surface area contributed by atoms with Crippen LogP contribution in [0.25, 0.3) is 0 Å². The number of rotatable bonds is 3. The van der Waals surface area contributed by atoms with Crippen LogP contribution in [0.2, 0.25) is 0 Å². The first-order valence-corrected chi connectivity index (χ1v) is 5.82. The van der Waals surface area contributed by atoms with Gasteiger partial charge in [0.15, 0.2) is 0 Å². The monoisotopic (exact) mass is 235 g/mol. The van der Waals surface area contributed by atoms with Crippen molar-refractivity contribution in [3.05, 3.63) is 29.8 Å². The van der Waals surface area contributed by atoms with Gasteiger partial charge in [-0.1, -0.05) is 6.07 Å². The van der Waals surface area contributed by atoms with Crippen molar-refractivity contribution < 1.29 is 14.6 Å². The number of carboxylic acids is 1. The summed E-state index contributed by atoms with van der Waals surface area (Å²) in [6, 6.07) is 7.07. The van der Waals surface area contributed by atoms with Crippen LogP contribution >= 0.6 is 0 Å². The van der Waals surface area contributed by atoms with Gasteiger partial charge in [0.25, 0.3) is 0 Å². The lowest BCUT2D eigenvalue weighted by atomic mass is 10.1. The number of ether oxygens (including phenoxy) is 1. The number of hydrogen-bond acceptors (Lipinski definition) is 3. The van der Waals surface area contributed by atoms with Crippen LogP contribution < -0.4 is 4.90 Å². The molecular weight excluding hydrogens is 218 g/mol. The number of piperidine rings is 1. The lowest BCUT2D eigenvalue weighted by Gasteiger charge is -2.33. The zero-order chi connectivity index (χ0) is 12.3. The van der Waals surface area contributed by atoms with E-state index in [0.29, 0.717) is 5.56 Å². The van der Waals surface area contributed by atoms with Crippen molar-refractivity contribution in [3.63, 3.8) is 0 Å². The molecule has 4 heteroatoms. The number of methoxy groups -OCH3 is 1. The molecule has 1 N–H and O–H groups in total. The summed E-state index contributed by atoms with van der Waals surface area (Å²) < 4.78 is 5.36. The van der Waals surface area contributed by atoms with E-state index in [1.54, 1.807) is 25.3 Å². The summed E-state index contributed by atoms with van der Waals surface area (Å²) in [5, 5.41) is 8.96. The van der Waals surface area contributed by atoms with E-state index in [1.165, 1.54) is 0 Å². The fraction of sp³-hybridized carbons (Fsp3) is 0.462. The molecule has 17 heavy (non-hydrogen) atoms. The minimum Gasteiger partial charge on any atom is -0.478 e. The standard InChI is InChI=1S/C13H17NO3/c1-17-12-6-3-7-14(9-12)11-5-2-4-10(8-11)13(15)16/h2,4-5,8,12H,3,6-7,9H2,1H3,(H,15,16). The molecule has 0 bridgehead atoms. The number of nitrogens with zero attached hydrogens (tertiary/aromatic N) is 1. The van der Waals surface area contributed by atoms with Crippen LogP contribution in [0.15, 0.2) is 24.3 Å². The molecule has 1 unspecified atom stereocenters. The Morgan fingerprint density at radius 1 is 1.53 bits per heavy atom. The Kier molecular flexibility index (Phi) is 3.64. The summed E-state index contributed by atoms with van der Waals surface area (Å²) >= 11 is 0. The SMILES string of the molecule is COC1CCCN(c2cccc(C(=O)O)c2)C1. The molecule has 0 aromatic heterocycles. The maximum Gasteiger partial charge on any atom is 0.335 e. The molecule has 1 aromatic carbocycles. The summed E-state index contributed by atoms with van der Waals surface area (Å²) in [7, 11) is 1.72. The van der Waals surface area contributed by atoms with Crippen LogP contribution in [0.4, 0.5) is 5.69 Å². The van der Waals surface area contributed by atoms with Crippen molar-refractivity contribution in [1.29, 1.82) is 0 Å². The maximum absolute atomic E-state index is 10.9. The highest BCUT2D eigenvalue weighted by Crippen LogP contribution is 2.22. The highest BCUT2D eigenvalue weighted by atomic mass is 16.5. The quantitative estimate of drug-likeness (QED) is 0.870. The number of carbonyl (C=O) groups is 1. The second-order valence-corrected chi connectivity index (χ2v) is 4.30. The highest BCUT2D eigenvalue weighted by molar-refractivity contribution is 5.88. The van der Waals surface area contributed by atoms with E-state index in [0.717, 1.165) is 31.6 Å². The molecular formula is C13H17NO3. The summed E-state index contributed by atoms with van der Waals surface area (Å²) in [5.41, 5.74) is 1.30. The Bertz CT molecular complexity index is 405. The second-order valence-electron chi connectivity index (χ2n) is 4.30. The summed E-state index contributed by atoms with van der Waals surface area (Å²) in [6.45, 7) is 1.79. The Morgan fingerprint density at radius 3 is 3.06 bits per heavy atom. The van der Waals surface area contributed by atoms with Crippen LogP contribution in [0, 0.1) is 0 Å². The van der Waals surface area contributed by atoms with Crippen LogP contribution in [-0.4, -0.2) is 37.4 Å². The predicted molar refractivity (Wildman–Crippen MR) is 65.6 cm³/mol. The van der Waals surface area contributed by atoms with Crippen LogP contribution in [0.3, 0.4) is 0 Å². The molecule has 0 amide bonds. The Labute approximate surface area is 101 Å². The molecule has 1 aromatic rings. The number of aromatic carboxylic acids is 1. The highest BCUT2D eigenvalue weighted by Gasteiger charge is 2.20. The van der Waals surface area contributed by atoms with E-state index in [-0.39, 0.29) is 6.10 Å². The summed E-state index contributed by atoms with van der Waals surface area (Å²) in [6.07, 6.45) is 2.40. The van der Waals surface area contributed by atoms with Gasteiger partial charge in [-0.25, -0.2) is 4.79 Å². The van der Waals surface area contributed by atoms with Gasteiger partial charge >= 0.3 is 5.97 Å². The van der Waals surface area contributed by atoms with Crippen molar-refractivity contribution in [3.8, 4) is 0 Å². The minimum atomic E-state index is -0.882. The summed E-state index contributed by atoms with van der Waals surface area (Å²) in [5.74, 6) is -0.882. The van der Waals surface area contributed by atoms with Gasteiger partial charge in [-0.3, -0.25) is 0 Å². The molecule has 1 atom stereocenters. The molecule has 1 heterocycles. The van der Waals surface area contributed by atoms with Gasteiger partial charge in [0.1, 0.15) is 0 Å². The molecule has 2 rings (SSSR count). The second kappa shape index (κ2) is 5.19. The van der Waals surface area contributed by atoms with Gasteiger partial charge in [-0.2, -0.15) is 0 Å². The zero-order valence-electron chi connectivity index (χ0n) is 9.93. The third-order valence-corrected chi connectivity index (χ3v) is 3.17. The maximum atomic E-state index is 10.9. The molecule has 4 nitrogen and oxygen atoms in total. The molecule has 0 spiro atoms. The van der Waals surface area contributed by atoms with E-state index >= 15 is 0 Å². The normalized spacial score (nSPS) is 20.3. The topological polar surface area (TPSA) is 49.8 Å². The lowest BCUT2D eigenvalue weighted by molar-refractivity contribution is 0.0697. The van der Waals surface area contributed by atoms with Crippen molar-refractivity contribution in [2.45, 2.75) is 18.9 Å². The van der Waals surface area contributed by atoms with Crippen molar-refractivity contribution >= 4 is 11.7 Å². The Hall–Kier alpha value is -1.55. The van der Waals surface area contributed by atoms with Gasteiger partial charge in [-0.05, 0) is 31.0 Å². The van der Waals surface area contributed by atoms with E-state index < -0.39 is 5.97 Å². The fourth-order valence-corrected chi connectivity index (χ4v) is 2.20. The molecule has 1 aliphatic rings. The average molecular weight is 235 g/mol. The number of carboxylic acid groups (broad SMARTS) is 1. The predicted octanol–water partition coefficient (Wildman–Crippen LogP) is 2.00. The van der Waals surface area contributed by atoms with E-state index in [1.807, 2.05) is 6.07 Å². The smallest absolute Gasteiger partial charge is 0.335 e. The first-order chi connectivity index (χ1) is 8.20. The number of anilines is 1. The van der Waals surface area contributed by atoms with Crippen molar-refractivity contribution in [2.24, 2.45) is 0 Å².